The van der Waals surface area contributed by atoms with Crippen molar-refractivity contribution in [2.24, 2.45) is 0 Å². The van der Waals surface area contributed by atoms with E-state index in [1.807, 2.05) is 38.1 Å². The van der Waals surface area contributed by atoms with E-state index in [1.165, 1.54) is 17.7 Å². The molecule has 0 heterocycles. The van der Waals surface area contributed by atoms with E-state index in [9.17, 15) is 13.2 Å². The number of amides is 1. The topological polar surface area (TPSA) is 75.3 Å². The van der Waals surface area contributed by atoms with Gasteiger partial charge >= 0.3 is 0 Å². The number of carbonyl (C=O) groups is 1. The van der Waals surface area contributed by atoms with Crippen molar-refractivity contribution in [1.82, 2.24) is 5.32 Å². The molecule has 0 radical (unpaired) electrons. The Kier molecular flexibility index (Phi) is 6.26. The van der Waals surface area contributed by atoms with Crippen molar-refractivity contribution in [1.29, 1.82) is 0 Å². The third kappa shape index (κ3) is 4.52. The Morgan fingerprint density at radius 2 is 1.81 bits per heavy atom. The molecule has 2 N–H and O–H groups in total. The van der Waals surface area contributed by atoms with Gasteiger partial charge in [-0.05, 0) is 79.6 Å². The van der Waals surface area contributed by atoms with Crippen LogP contribution in [-0.4, -0.2) is 14.3 Å². The largest absolute Gasteiger partial charge is 0.345 e. The summed E-state index contributed by atoms with van der Waals surface area (Å²) in [6.07, 6.45) is 2.83. The van der Waals surface area contributed by atoms with Gasteiger partial charge in [-0.15, -0.1) is 0 Å². The zero-order valence-electron chi connectivity index (χ0n) is 18.0. The van der Waals surface area contributed by atoms with E-state index in [1.54, 1.807) is 18.2 Å². The molecule has 0 saturated heterocycles. The van der Waals surface area contributed by atoms with Gasteiger partial charge in [-0.1, -0.05) is 48.0 Å². The van der Waals surface area contributed by atoms with Crippen LogP contribution in [0.1, 0.15) is 51.5 Å². The van der Waals surface area contributed by atoms with Crippen LogP contribution in [-0.2, 0) is 16.4 Å². The monoisotopic (exact) mass is 468 g/mol. The van der Waals surface area contributed by atoms with Gasteiger partial charge in [-0.2, -0.15) is 0 Å². The highest BCUT2D eigenvalue weighted by molar-refractivity contribution is 7.92. The van der Waals surface area contributed by atoms with Gasteiger partial charge in [0.1, 0.15) is 4.90 Å². The minimum atomic E-state index is -3.98. The molecule has 0 saturated carbocycles. The molecule has 166 valence electrons. The van der Waals surface area contributed by atoms with Gasteiger partial charge in [-0.25, -0.2) is 8.42 Å². The SMILES string of the molecule is Cc1cccc(NS(=O)(=O)c2cc(C(=O)N[C@H]3CCCc4ccccc43)ccc2Cl)c1C. The predicted octanol–water partition coefficient (Wildman–Crippen LogP) is 5.57. The third-order valence-electron chi connectivity index (χ3n) is 6.01. The van der Waals surface area contributed by atoms with Crippen molar-refractivity contribution in [3.63, 3.8) is 0 Å². The Balaban J connectivity index is 1.60. The second kappa shape index (κ2) is 8.96. The zero-order valence-corrected chi connectivity index (χ0v) is 19.6. The molecule has 0 bridgehead atoms. The molecule has 3 aromatic carbocycles. The summed E-state index contributed by atoms with van der Waals surface area (Å²) < 4.78 is 28.8. The quantitative estimate of drug-likeness (QED) is 0.514. The maximum absolute atomic E-state index is 13.1. The second-order valence-corrected chi connectivity index (χ2v) is 10.2. The molecule has 7 heteroatoms. The van der Waals surface area contributed by atoms with Crippen LogP contribution in [0.4, 0.5) is 5.69 Å². The molecular weight excluding hydrogens is 444 g/mol. The van der Waals surface area contributed by atoms with Crippen LogP contribution in [0.5, 0.6) is 0 Å². The first kappa shape index (κ1) is 22.4. The Morgan fingerprint density at radius 1 is 1.03 bits per heavy atom. The Morgan fingerprint density at radius 3 is 2.62 bits per heavy atom. The molecule has 5 nitrogen and oxygen atoms in total. The van der Waals surface area contributed by atoms with Gasteiger partial charge < -0.3 is 5.32 Å². The van der Waals surface area contributed by atoms with Crippen molar-refractivity contribution in [3.8, 4) is 0 Å². The molecule has 1 atom stereocenters. The molecule has 32 heavy (non-hydrogen) atoms. The van der Waals surface area contributed by atoms with E-state index in [0.29, 0.717) is 5.69 Å². The predicted molar refractivity (Wildman–Crippen MR) is 128 cm³/mol. The lowest BCUT2D eigenvalue weighted by Crippen LogP contribution is -2.31. The number of hydrogen-bond acceptors (Lipinski definition) is 3. The van der Waals surface area contributed by atoms with Crippen molar-refractivity contribution >= 4 is 33.2 Å². The molecule has 4 rings (SSSR count). The molecule has 0 fully saturated rings. The molecule has 0 unspecified atom stereocenters. The minimum Gasteiger partial charge on any atom is -0.345 e. The van der Waals surface area contributed by atoms with E-state index in [2.05, 4.69) is 16.1 Å². The molecule has 3 aromatic rings. The standard InChI is InChI=1S/C25H25ClN2O3S/c1-16-7-5-11-22(17(16)2)28-32(30,31)24-15-19(13-14-21(24)26)25(29)27-23-12-6-9-18-8-3-4-10-20(18)23/h3-5,7-8,10-11,13-15,23,28H,6,9,12H2,1-2H3,(H,27,29)/t23-/m0/s1. The van der Waals surface area contributed by atoms with Crippen LogP contribution >= 0.6 is 11.6 Å². The summed E-state index contributed by atoms with van der Waals surface area (Å²) in [4.78, 5) is 12.9. The number of nitrogens with one attached hydrogen (secondary N) is 2. The third-order valence-corrected chi connectivity index (χ3v) is 7.85. The summed E-state index contributed by atoms with van der Waals surface area (Å²) in [5, 5.41) is 3.12. The van der Waals surface area contributed by atoms with Crippen molar-refractivity contribution in [2.45, 2.75) is 44.0 Å². The Bertz CT molecular complexity index is 1290. The van der Waals surface area contributed by atoms with Crippen LogP contribution in [0, 0.1) is 13.8 Å². The molecule has 1 aliphatic rings. The van der Waals surface area contributed by atoms with E-state index in [-0.39, 0.29) is 27.4 Å². The normalized spacial score (nSPS) is 15.7. The van der Waals surface area contributed by atoms with Gasteiger partial charge in [0.15, 0.2) is 0 Å². The fraction of sp³-hybridized carbons (Fsp3) is 0.240. The molecule has 0 spiro atoms. The number of halogens is 1. The van der Waals surface area contributed by atoms with Crippen LogP contribution in [0.3, 0.4) is 0 Å². The van der Waals surface area contributed by atoms with Crippen LogP contribution < -0.4 is 10.0 Å². The molecule has 0 aliphatic heterocycles. The Labute approximate surface area is 193 Å². The van der Waals surface area contributed by atoms with Crippen LogP contribution in [0.15, 0.2) is 65.6 Å². The molecule has 1 amide bonds. The van der Waals surface area contributed by atoms with Gasteiger partial charge in [-0.3, -0.25) is 9.52 Å². The fourth-order valence-corrected chi connectivity index (χ4v) is 5.71. The van der Waals surface area contributed by atoms with Crippen molar-refractivity contribution in [3.05, 3.63) is 93.5 Å². The maximum atomic E-state index is 13.1. The molecular formula is C25H25ClN2O3S. The summed E-state index contributed by atoms with van der Waals surface area (Å²) in [6, 6.07) is 17.7. The number of sulfonamides is 1. The highest BCUT2D eigenvalue weighted by atomic mass is 35.5. The summed E-state index contributed by atoms with van der Waals surface area (Å²) in [5.74, 6) is -0.327. The highest BCUT2D eigenvalue weighted by Crippen LogP contribution is 2.31. The summed E-state index contributed by atoms with van der Waals surface area (Å²) in [5.41, 5.74) is 4.88. The van der Waals surface area contributed by atoms with Crippen LogP contribution in [0.2, 0.25) is 5.02 Å². The lowest BCUT2D eigenvalue weighted by molar-refractivity contribution is 0.0932. The number of rotatable bonds is 5. The maximum Gasteiger partial charge on any atom is 0.263 e. The average molecular weight is 469 g/mol. The second-order valence-electron chi connectivity index (χ2n) is 8.12. The van der Waals surface area contributed by atoms with E-state index in [4.69, 9.17) is 11.6 Å². The highest BCUT2D eigenvalue weighted by Gasteiger charge is 2.24. The van der Waals surface area contributed by atoms with E-state index < -0.39 is 10.0 Å². The van der Waals surface area contributed by atoms with Crippen LogP contribution in [0.25, 0.3) is 0 Å². The summed E-state index contributed by atoms with van der Waals surface area (Å²) in [6.45, 7) is 3.76. The number of hydrogen-bond donors (Lipinski definition) is 2. The minimum absolute atomic E-state index is 0.0577. The molecule has 0 aromatic heterocycles. The summed E-state index contributed by atoms with van der Waals surface area (Å²) in [7, 11) is -3.98. The Hall–Kier alpha value is -2.83. The van der Waals surface area contributed by atoms with Crippen molar-refractivity contribution in [2.75, 3.05) is 4.72 Å². The first-order valence-corrected chi connectivity index (χ1v) is 12.4. The fourth-order valence-electron chi connectivity index (χ4n) is 4.06. The van der Waals surface area contributed by atoms with Gasteiger partial charge in [0.25, 0.3) is 15.9 Å². The molecule has 1 aliphatic carbocycles. The van der Waals surface area contributed by atoms with Crippen molar-refractivity contribution < 1.29 is 13.2 Å². The first-order valence-electron chi connectivity index (χ1n) is 10.5. The van der Waals surface area contributed by atoms with Gasteiger partial charge in [0.2, 0.25) is 0 Å². The number of fused-ring (bicyclic) bond motifs is 1. The lowest BCUT2D eigenvalue weighted by atomic mass is 9.87. The first-order chi connectivity index (χ1) is 15.3. The van der Waals surface area contributed by atoms with Gasteiger partial charge in [0.05, 0.1) is 16.8 Å². The summed E-state index contributed by atoms with van der Waals surface area (Å²) >= 11 is 6.23. The number of anilines is 1. The van der Waals surface area contributed by atoms with E-state index >= 15 is 0 Å². The lowest BCUT2D eigenvalue weighted by Gasteiger charge is -2.26. The number of carbonyl (C=O) groups excluding carboxylic acids is 1. The smallest absolute Gasteiger partial charge is 0.263 e. The average Bonchev–Trinajstić information content (AvgIpc) is 2.77. The van der Waals surface area contributed by atoms with Gasteiger partial charge in [0, 0.05) is 5.56 Å². The zero-order chi connectivity index (χ0) is 22.9. The van der Waals surface area contributed by atoms with E-state index in [0.717, 1.165) is 36.0 Å². The number of benzene rings is 3. The number of aryl methyl sites for hydroxylation is 2.